The van der Waals surface area contributed by atoms with E-state index in [9.17, 15) is 9.18 Å². The summed E-state index contributed by atoms with van der Waals surface area (Å²) in [7, 11) is 0. The van der Waals surface area contributed by atoms with E-state index in [1.165, 1.54) is 12.1 Å². The Balaban J connectivity index is 1.38. The van der Waals surface area contributed by atoms with Gasteiger partial charge in [-0.1, -0.05) is 36.4 Å². The topological polar surface area (TPSA) is 56.1 Å². The lowest BCUT2D eigenvalue weighted by Crippen LogP contribution is -2.12. The van der Waals surface area contributed by atoms with Crippen LogP contribution in [0.2, 0.25) is 0 Å². The fourth-order valence-electron chi connectivity index (χ4n) is 3.32. The van der Waals surface area contributed by atoms with Crippen molar-refractivity contribution in [2.75, 3.05) is 5.32 Å². The predicted molar refractivity (Wildman–Crippen MR) is 122 cm³/mol. The van der Waals surface area contributed by atoms with Crippen LogP contribution in [-0.4, -0.2) is 15.7 Å². The largest absolute Gasteiger partial charge is 0.489 e. The molecule has 1 amide bonds. The fraction of sp³-hybridized carbons (Fsp3) is 0.154. The Bertz CT molecular complexity index is 1230. The second kappa shape index (κ2) is 9.47. The van der Waals surface area contributed by atoms with Crippen LogP contribution in [0.15, 0.2) is 79.1 Å². The molecule has 32 heavy (non-hydrogen) atoms. The highest BCUT2D eigenvalue weighted by molar-refractivity contribution is 6.04. The number of carbonyl (C=O) groups excluding carboxylic acids is 1. The Morgan fingerprint density at radius 1 is 1.03 bits per heavy atom. The Hall–Kier alpha value is -3.93. The van der Waals surface area contributed by atoms with Gasteiger partial charge in [-0.05, 0) is 66.4 Å². The third-order valence-electron chi connectivity index (χ3n) is 5.08. The summed E-state index contributed by atoms with van der Waals surface area (Å²) in [4.78, 5) is 12.7. The molecule has 0 aliphatic heterocycles. The van der Waals surface area contributed by atoms with Gasteiger partial charge in [-0.15, -0.1) is 0 Å². The summed E-state index contributed by atoms with van der Waals surface area (Å²) in [5.74, 6) is 0.345. The summed E-state index contributed by atoms with van der Waals surface area (Å²) in [5.41, 5.74) is 5.17. The molecule has 0 bridgehead atoms. The quantitative estimate of drug-likeness (QED) is 0.421. The minimum atomic E-state index is -0.274. The minimum absolute atomic E-state index is 0.222. The number of hydrogen-bond donors (Lipinski definition) is 1. The van der Waals surface area contributed by atoms with Gasteiger partial charge in [0, 0.05) is 11.8 Å². The molecule has 1 N–H and O–H groups in total. The Labute approximate surface area is 186 Å². The normalized spacial score (nSPS) is 10.7. The summed E-state index contributed by atoms with van der Waals surface area (Å²) in [6.45, 7) is 4.90. The minimum Gasteiger partial charge on any atom is -0.489 e. The van der Waals surface area contributed by atoms with Gasteiger partial charge >= 0.3 is 0 Å². The van der Waals surface area contributed by atoms with E-state index >= 15 is 0 Å². The molecule has 0 aliphatic carbocycles. The molecule has 162 valence electrons. The van der Waals surface area contributed by atoms with Gasteiger partial charge in [0.25, 0.3) is 5.91 Å². The Morgan fingerprint density at radius 2 is 1.84 bits per heavy atom. The molecule has 1 aromatic heterocycles. The molecular formula is C26H24FN3O2. The highest BCUT2D eigenvalue weighted by atomic mass is 19.1. The third kappa shape index (κ3) is 5.40. The molecular weight excluding hydrogens is 405 g/mol. The molecule has 0 atom stereocenters. The SMILES string of the molecule is Cc1ccc(C)c(OCc2cccc(C(=O)Nc3cnn(Cc4ccc(F)cc4)c3)c2)c1. The number of aromatic nitrogens is 2. The van der Waals surface area contributed by atoms with Crippen molar-refractivity contribution in [1.29, 1.82) is 0 Å². The molecule has 0 fully saturated rings. The van der Waals surface area contributed by atoms with E-state index in [4.69, 9.17) is 4.74 Å². The molecule has 4 aromatic rings. The van der Waals surface area contributed by atoms with Crippen LogP contribution in [0.4, 0.5) is 10.1 Å². The molecule has 0 unspecified atom stereocenters. The number of anilines is 1. The molecule has 4 rings (SSSR count). The highest BCUT2D eigenvalue weighted by Gasteiger charge is 2.10. The number of halogens is 1. The number of benzene rings is 3. The summed E-state index contributed by atoms with van der Waals surface area (Å²) in [6, 6.07) is 19.7. The monoisotopic (exact) mass is 429 g/mol. The third-order valence-corrected chi connectivity index (χ3v) is 5.08. The summed E-state index contributed by atoms with van der Waals surface area (Å²) >= 11 is 0. The summed E-state index contributed by atoms with van der Waals surface area (Å²) in [6.07, 6.45) is 3.34. The summed E-state index contributed by atoms with van der Waals surface area (Å²) < 4.78 is 20.7. The van der Waals surface area contributed by atoms with Gasteiger partial charge in [-0.25, -0.2) is 4.39 Å². The van der Waals surface area contributed by atoms with Crippen LogP contribution in [0.3, 0.4) is 0 Å². The lowest BCUT2D eigenvalue weighted by atomic mass is 10.1. The van der Waals surface area contributed by atoms with Crippen molar-refractivity contribution in [2.45, 2.75) is 27.0 Å². The van der Waals surface area contributed by atoms with Crippen molar-refractivity contribution >= 4 is 11.6 Å². The van der Waals surface area contributed by atoms with Crippen LogP contribution in [0, 0.1) is 19.7 Å². The molecule has 5 nitrogen and oxygen atoms in total. The molecule has 6 heteroatoms. The molecule has 0 aliphatic rings. The molecule has 0 radical (unpaired) electrons. The molecule has 1 heterocycles. The van der Waals surface area contributed by atoms with Crippen molar-refractivity contribution in [3.05, 3.63) is 113 Å². The highest BCUT2D eigenvalue weighted by Crippen LogP contribution is 2.21. The number of amides is 1. The number of ether oxygens (including phenoxy) is 1. The van der Waals surface area contributed by atoms with Crippen molar-refractivity contribution in [3.63, 3.8) is 0 Å². The number of aryl methyl sites for hydroxylation is 2. The van der Waals surface area contributed by atoms with Crippen LogP contribution in [0.1, 0.15) is 32.6 Å². The average Bonchev–Trinajstić information content (AvgIpc) is 3.23. The maximum absolute atomic E-state index is 13.1. The van der Waals surface area contributed by atoms with E-state index in [0.717, 1.165) is 28.0 Å². The van der Waals surface area contributed by atoms with E-state index in [1.54, 1.807) is 35.3 Å². The molecule has 0 spiro atoms. The van der Waals surface area contributed by atoms with Crippen LogP contribution in [0.25, 0.3) is 0 Å². The number of nitrogens with zero attached hydrogens (tertiary/aromatic N) is 2. The first-order valence-electron chi connectivity index (χ1n) is 10.3. The van der Waals surface area contributed by atoms with Gasteiger partial charge < -0.3 is 10.1 Å². The smallest absolute Gasteiger partial charge is 0.255 e. The van der Waals surface area contributed by atoms with Gasteiger partial charge in [-0.2, -0.15) is 5.10 Å². The van der Waals surface area contributed by atoms with E-state index in [-0.39, 0.29) is 11.7 Å². The van der Waals surface area contributed by atoms with Gasteiger partial charge in [0.05, 0.1) is 18.4 Å². The van der Waals surface area contributed by atoms with Crippen molar-refractivity contribution in [3.8, 4) is 5.75 Å². The maximum Gasteiger partial charge on any atom is 0.255 e. The van der Waals surface area contributed by atoms with Crippen LogP contribution < -0.4 is 10.1 Å². The molecule has 3 aromatic carbocycles. The fourth-order valence-corrected chi connectivity index (χ4v) is 3.32. The number of rotatable bonds is 7. The number of hydrogen-bond acceptors (Lipinski definition) is 3. The Kier molecular flexibility index (Phi) is 6.31. The van der Waals surface area contributed by atoms with Crippen LogP contribution in [0.5, 0.6) is 5.75 Å². The van der Waals surface area contributed by atoms with Crippen molar-refractivity contribution < 1.29 is 13.9 Å². The average molecular weight is 429 g/mol. The zero-order valence-corrected chi connectivity index (χ0v) is 18.0. The molecule has 0 saturated carbocycles. The summed E-state index contributed by atoms with van der Waals surface area (Å²) in [5, 5.41) is 7.13. The van der Waals surface area contributed by atoms with Gasteiger partial charge in [0.1, 0.15) is 18.2 Å². The lowest BCUT2D eigenvalue weighted by Gasteiger charge is -2.11. The zero-order chi connectivity index (χ0) is 22.5. The first-order chi connectivity index (χ1) is 15.5. The van der Waals surface area contributed by atoms with Crippen molar-refractivity contribution in [2.24, 2.45) is 0 Å². The van der Waals surface area contributed by atoms with E-state index in [0.29, 0.717) is 24.4 Å². The Morgan fingerprint density at radius 3 is 2.66 bits per heavy atom. The molecule has 0 saturated heterocycles. The van der Waals surface area contributed by atoms with E-state index < -0.39 is 0 Å². The predicted octanol–water partition coefficient (Wildman–Crippen LogP) is 5.52. The lowest BCUT2D eigenvalue weighted by molar-refractivity contribution is 0.102. The van der Waals surface area contributed by atoms with Crippen LogP contribution in [-0.2, 0) is 13.2 Å². The van der Waals surface area contributed by atoms with Gasteiger partial charge in [0.2, 0.25) is 0 Å². The van der Waals surface area contributed by atoms with Crippen molar-refractivity contribution in [1.82, 2.24) is 9.78 Å². The zero-order valence-electron chi connectivity index (χ0n) is 18.0. The van der Waals surface area contributed by atoms with E-state index in [1.807, 2.05) is 44.2 Å². The standard InChI is InChI=1S/C26H24FN3O2/c1-18-6-7-19(2)25(12-18)32-17-21-4-3-5-22(13-21)26(31)29-24-14-28-30(16-24)15-20-8-10-23(27)11-9-20/h3-14,16H,15,17H2,1-2H3,(H,29,31). The second-order valence-corrected chi connectivity index (χ2v) is 7.77. The first-order valence-corrected chi connectivity index (χ1v) is 10.3. The maximum atomic E-state index is 13.1. The van der Waals surface area contributed by atoms with Gasteiger partial charge in [0.15, 0.2) is 0 Å². The first kappa shape index (κ1) is 21.3. The number of nitrogens with one attached hydrogen (secondary N) is 1. The van der Waals surface area contributed by atoms with Gasteiger partial charge in [-0.3, -0.25) is 9.48 Å². The van der Waals surface area contributed by atoms with E-state index in [2.05, 4.69) is 16.5 Å². The van der Waals surface area contributed by atoms with Crippen LogP contribution >= 0.6 is 0 Å². The number of carbonyl (C=O) groups is 1. The second-order valence-electron chi connectivity index (χ2n) is 7.77.